The largest absolute Gasteiger partial charge is 0.458 e. The minimum Gasteiger partial charge on any atom is -0.458 e. The molecule has 0 rings (SSSR count). The molecule has 14 heavy (non-hydrogen) atoms. The molecule has 0 saturated heterocycles. The van der Waals surface area contributed by atoms with E-state index in [1.54, 1.807) is 13.8 Å². The molecule has 2 atom stereocenters. The van der Waals surface area contributed by atoms with Gasteiger partial charge in [-0.25, -0.2) is 0 Å². The third-order valence-corrected chi connectivity index (χ3v) is 1.95. The molecule has 0 heterocycles. The van der Waals surface area contributed by atoms with Crippen molar-refractivity contribution in [3.63, 3.8) is 0 Å². The monoisotopic (exact) mass is 242 g/mol. The highest BCUT2D eigenvalue weighted by Gasteiger charge is 2.19. The van der Waals surface area contributed by atoms with E-state index in [0.29, 0.717) is 0 Å². The average Bonchev–Trinajstić information content (AvgIpc) is 2.17. The van der Waals surface area contributed by atoms with Crippen molar-refractivity contribution >= 4 is 35.1 Å². The number of hydrogen-bond acceptors (Lipinski definition) is 4. The molecule has 0 aliphatic rings. The quantitative estimate of drug-likeness (QED) is 0.540. The van der Waals surface area contributed by atoms with Crippen LogP contribution in [0.3, 0.4) is 0 Å². The summed E-state index contributed by atoms with van der Waals surface area (Å²) in [5.41, 5.74) is 0. The molecule has 0 amide bonds. The van der Waals surface area contributed by atoms with Crippen molar-refractivity contribution in [2.75, 3.05) is 11.8 Å². The summed E-state index contributed by atoms with van der Waals surface area (Å²) in [7, 11) is 0. The maximum absolute atomic E-state index is 10.8. The number of ether oxygens (including phenoxy) is 2. The molecule has 0 aromatic heterocycles. The molecule has 0 radical (unpaired) electrons. The molecule has 0 N–H and O–H groups in total. The van der Waals surface area contributed by atoms with E-state index >= 15 is 0 Å². The molecule has 82 valence electrons. The fourth-order valence-electron chi connectivity index (χ4n) is 0.669. The summed E-state index contributed by atoms with van der Waals surface area (Å²) in [4.78, 5) is 21.5. The van der Waals surface area contributed by atoms with Gasteiger partial charge in [-0.05, 0) is 13.8 Å². The number of carbonyl (C=O) groups excluding carboxylic acids is 2. The molecule has 0 spiro atoms. The van der Waals surface area contributed by atoms with Crippen LogP contribution in [0.5, 0.6) is 0 Å². The fraction of sp³-hybridized carbons (Fsp3) is 0.750. The van der Waals surface area contributed by atoms with Crippen LogP contribution in [0, 0.1) is 0 Å². The second-order valence-electron chi connectivity index (χ2n) is 2.66. The first-order valence-electron chi connectivity index (χ1n) is 4.02. The smallest absolute Gasteiger partial charge is 0.321 e. The summed E-state index contributed by atoms with van der Waals surface area (Å²) < 4.78 is 9.63. The van der Waals surface area contributed by atoms with Gasteiger partial charge in [0.2, 0.25) is 0 Å². The Morgan fingerprint density at radius 1 is 1.00 bits per heavy atom. The number of carbonyl (C=O) groups is 2. The Kier molecular flexibility index (Phi) is 6.66. The third-order valence-electron chi connectivity index (χ3n) is 1.51. The third kappa shape index (κ3) is 5.29. The van der Waals surface area contributed by atoms with Crippen LogP contribution in [0.15, 0.2) is 0 Å². The van der Waals surface area contributed by atoms with E-state index < -0.39 is 24.1 Å². The Morgan fingerprint density at radius 3 is 1.50 bits per heavy atom. The molecule has 0 bridgehead atoms. The lowest BCUT2D eigenvalue weighted by atomic mass is 10.2. The van der Waals surface area contributed by atoms with Gasteiger partial charge >= 0.3 is 11.9 Å². The predicted octanol–water partition coefficient (Wildman–Crippen LogP) is 1.33. The molecule has 0 aromatic rings. The number of rotatable bonds is 5. The average molecular weight is 243 g/mol. The van der Waals surface area contributed by atoms with Gasteiger partial charge in [-0.2, -0.15) is 0 Å². The predicted molar refractivity (Wildman–Crippen MR) is 52.5 cm³/mol. The molecule has 0 aliphatic carbocycles. The molecule has 4 nitrogen and oxygen atoms in total. The van der Waals surface area contributed by atoms with Crippen LogP contribution in [0.25, 0.3) is 0 Å². The number of hydrogen-bond donors (Lipinski definition) is 0. The lowest BCUT2D eigenvalue weighted by Gasteiger charge is -2.19. The lowest BCUT2D eigenvalue weighted by Crippen LogP contribution is -2.31. The topological polar surface area (TPSA) is 52.6 Å². The second-order valence-corrected chi connectivity index (χ2v) is 3.19. The minimum absolute atomic E-state index is 0.222. The standard InChI is InChI=1S/C8H12Cl2O4/c1-5(13-7(11)3-9)6(2)14-8(12)4-10/h5-6H,3-4H2,1-2H3/t5-,6+. The first-order chi connectivity index (χ1) is 6.51. The van der Waals surface area contributed by atoms with Gasteiger partial charge in [-0.1, -0.05) is 0 Å². The zero-order valence-electron chi connectivity index (χ0n) is 7.96. The van der Waals surface area contributed by atoms with E-state index in [-0.39, 0.29) is 11.8 Å². The van der Waals surface area contributed by atoms with E-state index in [4.69, 9.17) is 32.7 Å². The summed E-state index contributed by atoms with van der Waals surface area (Å²) in [5, 5.41) is 0. The summed E-state index contributed by atoms with van der Waals surface area (Å²) in [6, 6.07) is 0. The molecule has 0 aromatic carbocycles. The minimum atomic E-state index is -0.548. The van der Waals surface area contributed by atoms with E-state index in [1.807, 2.05) is 0 Å². The van der Waals surface area contributed by atoms with Gasteiger partial charge in [-0.3, -0.25) is 9.59 Å². The van der Waals surface area contributed by atoms with Gasteiger partial charge in [0.1, 0.15) is 24.0 Å². The Morgan fingerprint density at radius 2 is 1.29 bits per heavy atom. The summed E-state index contributed by atoms with van der Waals surface area (Å²) >= 11 is 10.5. The second kappa shape index (κ2) is 6.90. The van der Waals surface area contributed by atoms with Crippen LogP contribution in [0.1, 0.15) is 13.8 Å². The summed E-state index contributed by atoms with van der Waals surface area (Å²) in [6.07, 6.45) is -1.07. The molecule has 6 heteroatoms. The van der Waals surface area contributed by atoms with E-state index in [2.05, 4.69) is 0 Å². The summed E-state index contributed by atoms with van der Waals surface area (Å²) in [6.45, 7) is 3.22. The van der Waals surface area contributed by atoms with E-state index in [1.165, 1.54) is 0 Å². The zero-order valence-corrected chi connectivity index (χ0v) is 9.47. The molecule has 0 fully saturated rings. The lowest BCUT2D eigenvalue weighted by molar-refractivity contribution is -0.161. The highest BCUT2D eigenvalue weighted by atomic mass is 35.5. The van der Waals surface area contributed by atoms with Crippen LogP contribution < -0.4 is 0 Å². The van der Waals surface area contributed by atoms with Gasteiger partial charge in [-0.15, -0.1) is 23.2 Å². The zero-order chi connectivity index (χ0) is 11.1. The first kappa shape index (κ1) is 13.5. The highest BCUT2D eigenvalue weighted by Crippen LogP contribution is 2.04. The van der Waals surface area contributed by atoms with Crippen LogP contribution in [-0.2, 0) is 19.1 Å². The van der Waals surface area contributed by atoms with Crippen molar-refractivity contribution < 1.29 is 19.1 Å². The molecular formula is C8H12Cl2O4. The summed E-state index contributed by atoms with van der Waals surface area (Å²) in [5.74, 6) is -1.54. The van der Waals surface area contributed by atoms with Crippen LogP contribution in [0.2, 0.25) is 0 Å². The van der Waals surface area contributed by atoms with Gasteiger partial charge in [0.05, 0.1) is 0 Å². The Bertz CT molecular complexity index is 186. The SMILES string of the molecule is C[C@H](OC(=O)CCl)[C@@H](C)OC(=O)CCl. The maximum atomic E-state index is 10.8. The number of halogens is 2. The van der Waals surface area contributed by atoms with Crippen LogP contribution >= 0.6 is 23.2 Å². The van der Waals surface area contributed by atoms with Gasteiger partial charge < -0.3 is 9.47 Å². The van der Waals surface area contributed by atoms with Crippen molar-refractivity contribution in [3.05, 3.63) is 0 Å². The first-order valence-corrected chi connectivity index (χ1v) is 5.09. The highest BCUT2D eigenvalue weighted by molar-refractivity contribution is 6.26. The van der Waals surface area contributed by atoms with Crippen molar-refractivity contribution in [1.82, 2.24) is 0 Å². The number of alkyl halides is 2. The Hall–Kier alpha value is -0.480. The normalized spacial score (nSPS) is 14.3. The molecule has 0 unspecified atom stereocenters. The maximum Gasteiger partial charge on any atom is 0.321 e. The molecule has 0 aliphatic heterocycles. The van der Waals surface area contributed by atoms with Gasteiger partial charge in [0.25, 0.3) is 0 Å². The van der Waals surface area contributed by atoms with Gasteiger partial charge in [0, 0.05) is 0 Å². The van der Waals surface area contributed by atoms with E-state index in [9.17, 15) is 9.59 Å². The van der Waals surface area contributed by atoms with Crippen molar-refractivity contribution in [1.29, 1.82) is 0 Å². The van der Waals surface area contributed by atoms with Crippen molar-refractivity contribution in [2.24, 2.45) is 0 Å². The number of esters is 2. The fourth-order valence-corrected chi connectivity index (χ4v) is 0.795. The Labute approximate surface area is 92.5 Å². The van der Waals surface area contributed by atoms with Crippen LogP contribution in [-0.4, -0.2) is 35.9 Å². The Balaban J connectivity index is 3.92. The molecular weight excluding hydrogens is 231 g/mol. The van der Waals surface area contributed by atoms with Crippen LogP contribution in [0.4, 0.5) is 0 Å². The van der Waals surface area contributed by atoms with Gasteiger partial charge in [0.15, 0.2) is 0 Å². The van der Waals surface area contributed by atoms with E-state index in [0.717, 1.165) is 0 Å². The van der Waals surface area contributed by atoms with Crippen molar-refractivity contribution in [2.45, 2.75) is 26.1 Å². The van der Waals surface area contributed by atoms with Crippen molar-refractivity contribution in [3.8, 4) is 0 Å². The molecule has 0 saturated carbocycles.